The molecule has 0 spiro atoms. The average molecular weight is 449 g/mol. The molecular formula is C22H26F3N5O2. The first-order valence-electron chi connectivity index (χ1n) is 10.8. The van der Waals surface area contributed by atoms with Crippen LogP contribution in [0, 0.1) is 11.3 Å². The normalized spacial score (nSPS) is 27.6. The number of alkyl halides is 3. The van der Waals surface area contributed by atoms with Crippen LogP contribution >= 0.6 is 0 Å². The van der Waals surface area contributed by atoms with Gasteiger partial charge in [0.05, 0.1) is 29.8 Å². The predicted octanol–water partition coefficient (Wildman–Crippen LogP) is 1.89. The Morgan fingerprint density at radius 3 is 2.72 bits per heavy atom. The van der Waals surface area contributed by atoms with E-state index in [2.05, 4.69) is 6.07 Å². The van der Waals surface area contributed by atoms with Gasteiger partial charge >= 0.3 is 6.18 Å². The molecule has 172 valence electrons. The molecule has 3 heterocycles. The zero-order valence-corrected chi connectivity index (χ0v) is 17.8. The molecule has 10 heteroatoms. The number of hydrogen-bond acceptors (Lipinski definition) is 5. The number of carbonyl (C=O) groups is 2. The van der Waals surface area contributed by atoms with E-state index in [1.54, 1.807) is 17.9 Å². The lowest BCUT2D eigenvalue weighted by Crippen LogP contribution is -2.56. The zero-order chi connectivity index (χ0) is 23.2. The van der Waals surface area contributed by atoms with Gasteiger partial charge < -0.3 is 15.5 Å². The van der Waals surface area contributed by atoms with Gasteiger partial charge in [-0.1, -0.05) is 18.2 Å². The minimum absolute atomic E-state index is 0.0795. The van der Waals surface area contributed by atoms with E-state index in [4.69, 9.17) is 5.73 Å². The molecule has 2 amide bonds. The fourth-order valence-electron chi connectivity index (χ4n) is 5.38. The highest BCUT2D eigenvalue weighted by atomic mass is 19.4. The van der Waals surface area contributed by atoms with E-state index < -0.39 is 35.9 Å². The molecule has 0 aromatic heterocycles. The number of halogens is 3. The quantitative estimate of drug-likeness (QED) is 0.741. The number of fused-ring (bicyclic) bond motifs is 2. The summed E-state index contributed by atoms with van der Waals surface area (Å²) in [6.45, 7) is 2.76. The Bertz CT molecular complexity index is 946. The lowest BCUT2D eigenvalue weighted by atomic mass is 9.99. The van der Waals surface area contributed by atoms with Crippen molar-refractivity contribution in [2.45, 2.75) is 62.6 Å². The van der Waals surface area contributed by atoms with Crippen LogP contribution in [-0.4, -0.2) is 70.3 Å². The fourth-order valence-corrected chi connectivity index (χ4v) is 5.38. The van der Waals surface area contributed by atoms with E-state index in [0.717, 1.165) is 12.5 Å². The molecule has 32 heavy (non-hydrogen) atoms. The molecule has 1 aromatic carbocycles. The summed E-state index contributed by atoms with van der Waals surface area (Å²) in [5.41, 5.74) is 5.48. The van der Waals surface area contributed by atoms with Crippen LogP contribution in [0.4, 0.5) is 13.2 Å². The summed E-state index contributed by atoms with van der Waals surface area (Å²) < 4.78 is 40.4. The summed E-state index contributed by atoms with van der Waals surface area (Å²) >= 11 is 0. The van der Waals surface area contributed by atoms with E-state index in [1.807, 2.05) is 4.90 Å². The predicted molar refractivity (Wildman–Crippen MR) is 109 cm³/mol. The molecule has 3 saturated heterocycles. The number of amides is 2. The number of benzene rings is 1. The molecule has 3 aliphatic rings. The highest BCUT2D eigenvalue weighted by Crippen LogP contribution is 2.41. The Labute approximate surface area is 184 Å². The smallest absolute Gasteiger partial charge is 0.330 e. The fraction of sp³-hybridized carbons (Fsp3) is 0.591. The summed E-state index contributed by atoms with van der Waals surface area (Å²) in [7, 11) is 0. The van der Waals surface area contributed by atoms with E-state index in [-0.39, 0.29) is 30.0 Å². The number of hydrogen-bond donors (Lipinski definition) is 1. The second-order valence-electron chi connectivity index (χ2n) is 8.79. The number of likely N-dealkylation sites (tertiary alicyclic amines) is 3. The van der Waals surface area contributed by atoms with Crippen molar-refractivity contribution in [1.82, 2.24) is 14.7 Å². The summed E-state index contributed by atoms with van der Waals surface area (Å²) in [6.07, 6.45) is -2.60. The van der Waals surface area contributed by atoms with E-state index in [0.29, 0.717) is 25.9 Å². The average Bonchev–Trinajstić information content (AvgIpc) is 3.46. The molecule has 0 saturated carbocycles. The van der Waals surface area contributed by atoms with Crippen LogP contribution in [0.3, 0.4) is 0 Å². The molecule has 5 atom stereocenters. The Morgan fingerprint density at radius 1 is 1.34 bits per heavy atom. The lowest BCUT2D eigenvalue weighted by Gasteiger charge is -2.39. The maximum absolute atomic E-state index is 13.5. The topological polar surface area (TPSA) is 93.7 Å². The Kier molecular flexibility index (Phi) is 5.90. The summed E-state index contributed by atoms with van der Waals surface area (Å²) in [5.74, 6) is -0.532. The maximum Gasteiger partial charge on any atom is 0.416 e. The molecule has 3 fully saturated rings. The highest BCUT2D eigenvalue weighted by Gasteiger charge is 2.52. The Hall–Kier alpha value is -2.64. The van der Waals surface area contributed by atoms with E-state index in [1.165, 1.54) is 17.0 Å². The first-order chi connectivity index (χ1) is 15.1. The van der Waals surface area contributed by atoms with Crippen molar-refractivity contribution in [3.63, 3.8) is 0 Å². The van der Waals surface area contributed by atoms with Gasteiger partial charge in [-0.3, -0.25) is 14.5 Å². The van der Waals surface area contributed by atoms with Crippen molar-refractivity contribution >= 4 is 11.8 Å². The van der Waals surface area contributed by atoms with Crippen LogP contribution in [0.5, 0.6) is 0 Å². The van der Waals surface area contributed by atoms with Crippen molar-refractivity contribution in [2.75, 3.05) is 19.6 Å². The van der Waals surface area contributed by atoms with Gasteiger partial charge in [0.2, 0.25) is 11.8 Å². The third-order valence-electron chi connectivity index (χ3n) is 6.88. The summed E-state index contributed by atoms with van der Waals surface area (Å²) in [4.78, 5) is 30.7. The van der Waals surface area contributed by atoms with E-state index in [9.17, 15) is 28.0 Å². The van der Waals surface area contributed by atoms with Crippen molar-refractivity contribution < 1.29 is 22.8 Å². The van der Waals surface area contributed by atoms with Gasteiger partial charge in [0.1, 0.15) is 6.04 Å². The number of carbonyl (C=O) groups excluding carboxylic acids is 2. The zero-order valence-electron chi connectivity index (χ0n) is 17.8. The second-order valence-corrected chi connectivity index (χ2v) is 8.79. The molecular weight excluding hydrogens is 423 g/mol. The number of nitriles is 1. The molecule has 4 rings (SSSR count). The molecule has 1 aromatic rings. The van der Waals surface area contributed by atoms with Gasteiger partial charge in [0.15, 0.2) is 0 Å². The first kappa shape index (κ1) is 22.6. The van der Waals surface area contributed by atoms with Crippen molar-refractivity contribution in [3.8, 4) is 6.07 Å². The second kappa shape index (κ2) is 8.37. The highest BCUT2D eigenvalue weighted by molar-refractivity contribution is 5.87. The largest absolute Gasteiger partial charge is 0.416 e. The van der Waals surface area contributed by atoms with Crippen LogP contribution in [0.2, 0.25) is 0 Å². The van der Waals surface area contributed by atoms with Gasteiger partial charge in [0, 0.05) is 25.7 Å². The molecule has 3 aliphatic heterocycles. The third-order valence-corrected chi connectivity index (χ3v) is 6.88. The van der Waals surface area contributed by atoms with Gasteiger partial charge in [-0.05, 0) is 37.8 Å². The molecule has 0 radical (unpaired) electrons. The van der Waals surface area contributed by atoms with Gasteiger partial charge in [-0.15, -0.1) is 0 Å². The molecule has 5 unspecified atom stereocenters. The lowest BCUT2D eigenvalue weighted by molar-refractivity contribution is -0.143. The molecule has 7 nitrogen and oxygen atoms in total. The maximum atomic E-state index is 13.5. The van der Waals surface area contributed by atoms with Crippen LogP contribution in [0.15, 0.2) is 24.3 Å². The Morgan fingerprint density at radius 2 is 2.06 bits per heavy atom. The van der Waals surface area contributed by atoms with Gasteiger partial charge in [0.25, 0.3) is 0 Å². The third kappa shape index (κ3) is 3.84. The van der Waals surface area contributed by atoms with Gasteiger partial charge in [-0.25, -0.2) is 0 Å². The van der Waals surface area contributed by atoms with Crippen molar-refractivity contribution in [3.05, 3.63) is 35.4 Å². The van der Waals surface area contributed by atoms with Crippen molar-refractivity contribution in [2.24, 2.45) is 5.73 Å². The molecule has 2 N–H and O–H groups in total. The van der Waals surface area contributed by atoms with Crippen LogP contribution in [0.1, 0.15) is 43.4 Å². The first-order valence-corrected chi connectivity index (χ1v) is 10.8. The number of nitrogens with two attached hydrogens (primary N) is 1. The SMILES string of the molecule is CC(c1ccccc1C(F)(F)F)N1C(=O)C2CC1CN2CC(N)C(=O)N1CCCC1C#N. The van der Waals surface area contributed by atoms with Gasteiger partial charge in [-0.2, -0.15) is 18.4 Å². The number of rotatable bonds is 5. The number of nitrogens with zero attached hydrogens (tertiary/aromatic N) is 4. The molecule has 2 bridgehead atoms. The standard InChI is InChI=1S/C22H26F3N5O2/c1-13(16-6-2-3-7-17(16)22(23,24)25)30-15-9-19(21(30)32)28(11-15)12-18(27)20(31)29-8-4-5-14(29)10-26/h2-3,6-7,13-15,18-19H,4-5,8-9,11-12,27H2,1H3. The van der Waals surface area contributed by atoms with Crippen LogP contribution in [0.25, 0.3) is 0 Å². The summed E-state index contributed by atoms with van der Waals surface area (Å²) in [5, 5.41) is 9.20. The minimum atomic E-state index is -4.50. The van der Waals surface area contributed by atoms with Crippen molar-refractivity contribution in [1.29, 1.82) is 5.26 Å². The minimum Gasteiger partial charge on any atom is -0.330 e. The van der Waals surface area contributed by atoms with Crippen LogP contribution < -0.4 is 5.73 Å². The Balaban J connectivity index is 1.44. The summed E-state index contributed by atoms with van der Waals surface area (Å²) in [6, 6.07) is 4.70. The molecule has 0 aliphatic carbocycles. The monoisotopic (exact) mass is 449 g/mol. The van der Waals surface area contributed by atoms with Crippen LogP contribution in [-0.2, 0) is 15.8 Å². The number of piperazine rings is 1. The van der Waals surface area contributed by atoms with E-state index >= 15 is 0 Å².